The number of aliphatic hydroxyl groups excluding tert-OH is 1. The van der Waals surface area contributed by atoms with Gasteiger partial charge in [0.05, 0.1) is 0 Å². The van der Waals surface area contributed by atoms with E-state index in [0.29, 0.717) is 23.4 Å². The average molecular weight is 305 g/mol. The number of H-pyrrole nitrogens is 1. The van der Waals surface area contributed by atoms with E-state index in [2.05, 4.69) is 10.3 Å². The van der Waals surface area contributed by atoms with Gasteiger partial charge in [-0.2, -0.15) is 0 Å². The van der Waals surface area contributed by atoms with Gasteiger partial charge < -0.3 is 15.4 Å². The van der Waals surface area contributed by atoms with Crippen molar-refractivity contribution in [3.8, 4) is 5.69 Å². The molecule has 0 bridgehead atoms. The fourth-order valence-corrected chi connectivity index (χ4v) is 2.31. The molecule has 1 amide bonds. The number of carbonyl (C=O) groups is 1. The Balaban J connectivity index is 2.18. The normalized spacial score (nSPS) is 12.1. The largest absolute Gasteiger partial charge is 0.396 e. The molecule has 0 spiro atoms. The molecule has 0 saturated heterocycles. The monoisotopic (exact) mass is 305 g/mol. The van der Waals surface area contributed by atoms with Gasteiger partial charge in [0, 0.05) is 25.0 Å². The lowest BCUT2D eigenvalue weighted by molar-refractivity contribution is 0.0938. The van der Waals surface area contributed by atoms with E-state index >= 15 is 0 Å². The summed E-state index contributed by atoms with van der Waals surface area (Å²) in [6.07, 6.45) is 2.28. The number of benzene rings is 1. The number of carbonyl (C=O) groups excluding carboxylic acids is 1. The summed E-state index contributed by atoms with van der Waals surface area (Å²) >= 11 is 5.25. The Morgan fingerprint density at radius 3 is 2.81 bits per heavy atom. The Bertz CT molecular complexity index is 648. The molecule has 1 atom stereocenters. The third kappa shape index (κ3) is 3.80. The molecule has 21 heavy (non-hydrogen) atoms. The molecule has 0 radical (unpaired) electrons. The number of rotatable bonds is 6. The molecule has 0 aliphatic carbocycles. The molecular formula is C15H19N3O2S. The van der Waals surface area contributed by atoms with Gasteiger partial charge in [-0.05, 0) is 36.7 Å². The Labute approximate surface area is 128 Å². The molecule has 0 aliphatic heterocycles. The Morgan fingerprint density at radius 1 is 1.43 bits per heavy atom. The van der Waals surface area contributed by atoms with Gasteiger partial charge in [-0.15, -0.1) is 0 Å². The van der Waals surface area contributed by atoms with Crippen LogP contribution in [0, 0.1) is 10.7 Å². The van der Waals surface area contributed by atoms with Gasteiger partial charge in [0.15, 0.2) is 4.77 Å². The van der Waals surface area contributed by atoms with Crippen LogP contribution in [0.2, 0.25) is 0 Å². The van der Waals surface area contributed by atoms with Crippen LogP contribution in [0.1, 0.15) is 23.8 Å². The lowest BCUT2D eigenvalue weighted by atomic mass is 10.1. The third-order valence-corrected chi connectivity index (χ3v) is 3.56. The van der Waals surface area contributed by atoms with E-state index in [1.54, 1.807) is 10.8 Å². The summed E-state index contributed by atoms with van der Waals surface area (Å²) in [6.45, 7) is 2.63. The van der Waals surface area contributed by atoms with Crippen LogP contribution in [0.5, 0.6) is 0 Å². The average Bonchev–Trinajstić information content (AvgIpc) is 2.88. The smallest absolute Gasteiger partial charge is 0.269 e. The maximum Gasteiger partial charge on any atom is 0.269 e. The predicted octanol–water partition coefficient (Wildman–Crippen LogP) is 2.28. The van der Waals surface area contributed by atoms with Gasteiger partial charge in [-0.3, -0.25) is 9.36 Å². The Hall–Kier alpha value is -1.92. The number of nitrogens with one attached hydrogen (secondary N) is 2. The molecule has 112 valence electrons. The first-order chi connectivity index (χ1) is 10.1. The summed E-state index contributed by atoms with van der Waals surface area (Å²) in [5.74, 6) is 0.0435. The zero-order valence-corrected chi connectivity index (χ0v) is 12.7. The Morgan fingerprint density at radius 2 is 2.14 bits per heavy atom. The molecule has 3 N–H and O–H groups in total. The van der Waals surface area contributed by atoms with Crippen molar-refractivity contribution in [2.45, 2.75) is 13.3 Å². The van der Waals surface area contributed by atoms with Gasteiger partial charge in [-0.25, -0.2) is 0 Å². The van der Waals surface area contributed by atoms with E-state index in [9.17, 15) is 4.79 Å². The predicted molar refractivity (Wildman–Crippen MR) is 84.2 cm³/mol. The number of para-hydroxylation sites is 1. The standard InChI is InChI=1S/C15H19N3O2S/c1-11(7-8-19)9-16-14(20)13-10-17-15(21)18(13)12-5-3-2-4-6-12/h2-6,10-11,19H,7-9H2,1H3,(H,16,20)(H,17,21). The van der Waals surface area contributed by atoms with Gasteiger partial charge in [0.2, 0.25) is 0 Å². The van der Waals surface area contributed by atoms with Gasteiger partial charge in [0.1, 0.15) is 5.69 Å². The Kier molecular flexibility index (Phi) is 5.30. The lowest BCUT2D eigenvalue weighted by Gasteiger charge is -2.12. The maximum absolute atomic E-state index is 12.3. The number of hydrogen-bond donors (Lipinski definition) is 3. The SMILES string of the molecule is CC(CCO)CNC(=O)c1c[nH]c(=S)n1-c1ccccc1. The van der Waals surface area contributed by atoms with E-state index in [-0.39, 0.29) is 18.4 Å². The summed E-state index contributed by atoms with van der Waals surface area (Å²) in [6, 6.07) is 9.50. The second kappa shape index (κ2) is 7.19. The number of aromatic amines is 1. The molecule has 1 heterocycles. The van der Waals surface area contributed by atoms with Crippen LogP contribution in [0.4, 0.5) is 0 Å². The van der Waals surface area contributed by atoms with E-state index in [4.69, 9.17) is 17.3 Å². The van der Waals surface area contributed by atoms with Gasteiger partial charge >= 0.3 is 0 Å². The highest BCUT2D eigenvalue weighted by Gasteiger charge is 2.14. The fourth-order valence-electron chi connectivity index (χ4n) is 2.05. The van der Waals surface area contributed by atoms with Crippen LogP contribution in [-0.4, -0.2) is 33.7 Å². The first-order valence-corrected chi connectivity index (χ1v) is 7.29. The number of aliphatic hydroxyl groups is 1. The van der Waals surface area contributed by atoms with E-state index < -0.39 is 0 Å². The molecule has 1 aromatic heterocycles. The molecule has 2 rings (SSSR count). The van der Waals surface area contributed by atoms with Crippen molar-refractivity contribution in [2.75, 3.05) is 13.2 Å². The number of hydrogen-bond acceptors (Lipinski definition) is 3. The highest BCUT2D eigenvalue weighted by atomic mass is 32.1. The van der Waals surface area contributed by atoms with Crippen LogP contribution in [0.25, 0.3) is 5.69 Å². The van der Waals surface area contributed by atoms with Crippen LogP contribution in [0.15, 0.2) is 36.5 Å². The maximum atomic E-state index is 12.3. The van der Waals surface area contributed by atoms with Crippen LogP contribution in [0.3, 0.4) is 0 Å². The fraction of sp³-hybridized carbons (Fsp3) is 0.333. The highest BCUT2D eigenvalue weighted by Crippen LogP contribution is 2.12. The van der Waals surface area contributed by atoms with Crippen LogP contribution in [-0.2, 0) is 0 Å². The molecule has 5 nitrogen and oxygen atoms in total. The number of nitrogens with zero attached hydrogens (tertiary/aromatic N) is 1. The van der Waals surface area contributed by atoms with E-state index in [1.165, 1.54) is 0 Å². The minimum Gasteiger partial charge on any atom is -0.396 e. The van der Waals surface area contributed by atoms with E-state index in [0.717, 1.165) is 5.69 Å². The van der Waals surface area contributed by atoms with Crippen molar-refractivity contribution in [2.24, 2.45) is 5.92 Å². The minimum absolute atomic E-state index is 0.127. The van der Waals surface area contributed by atoms with Crippen molar-refractivity contribution in [1.29, 1.82) is 0 Å². The second-order valence-corrected chi connectivity index (χ2v) is 5.36. The zero-order chi connectivity index (χ0) is 15.2. The summed E-state index contributed by atoms with van der Waals surface area (Å²) in [5.41, 5.74) is 1.32. The van der Waals surface area contributed by atoms with Crippen LogP contribution >= 0.6 is 12.2 Å². The quantitative estimate of drug-likeness (QED) is 0.717. The minimum atomic E-state index is -0.184. The number of amides is 1. The molecule has 0 saturated carbocycles. The van der Waals surface area contributed by atoms with Gasteiger partial charge in [-0.1, -0.05) is 25.1 Å². The number of aromatic nitrogens is 2. The van der Waals surface area contributed by atoms with E-state index in [1.807, 2.05) is 37.3 Å². The summed E-state index contributed by atoms with van der Waals surface area (Å²) < 4.78 is 2.19. The van der Waals surface area contributed by atoms with Crippen molar-refractivity contribution in [3.63, 3.8) is 0 Å². The van der Waals surface area contributed by atoms with Gasteiger partial charge in [0.25, 0.3) is 5.91 Å². The first kappa shape index (κ1) is 15.5. The molecule has 0 aliphatic rings. The van der Waals surface area contributed by atoms with Crippen molar-refractivity contribution in [3.05, 3.63) is 47.0 Å². The summed E-state index contributed by atoms with van der Waals surface area (Å²) in [7, 11) is 0. The summed E-state index contributed by atoms with van der Waals surface area (Å²) in [4.78, 5) is 15.2. The van der Waals surface area contributed by atoms with Crippen LogP contribution < -0.4 is 5.32 Å². The molecule has 1 unspecified atom stereocenters. The van der Waals surface area contributed by atoms with Crippen molar-refractivity contribution in [1.82, 2.24) is 14.9 Å². The molecule has 6 heteroatoms. The molecule has 0 fully saturated rings. The zero-order valence-electron chi connectivity index (χ0n) is 11.9. The first-order valence-electron chi connectivity index (χ1n) is 6.88. The third-order valence-electron chi connectivity index (χ3n) is 3.26. The van der Waals surface area contributed by atoms with Crippen molar-refractivity contribution >= 4 is 18.1 Å². The summed E-state index contributed by atoms with van der Waals surface area (Å²) in [5, 5.41) is 11.7. The van der Waals surface area contributed by atoms with Crippen molar-refractivity contribution < 1.29 is 9.90 Å². The highest BCUT2D eigenvalue weighted by molar-refractivity contribution is 7.71. The molecule has 1 aromatic carbocycles. The molecular weight excluding hydrogens is 286 g/mol. The number of imidazole rings is 1. The lowest BCUT2D eigenvalue weighted by Crippen LogP contribution is -2.30. The topological polar surface area (TPSA) is 70.1 Å². The second-order valence-electron chi connectivity index (χ2n) is 4.98. The molecule has 2 aromatic rings.